The number of carbonyl (C=O) groups is 2. The number of benzene rings is 1. The quantitative estimate of drug-likeness (QED) is 0.503. The molecule has 1 aromatic heterocycles. The molecule has 1 saturated carbocycles. The minimum absolute atomic E-state index is 0.123. The van der Waals surface area contributed by atoms with Gasteiger partial charge in [0, 0.05) is 30.5 Å². The highest BCUT2D eigenvalue weighted by molar-refractivity contribution is 6.01. The van der Waals surface area contributed by atoms with Gasteiger partial charge in [-0.2, -0.15) is 0 Å². The van der Waals surface area contributed by atoms with Crippen LogP contribution >= 0.6 is 0 Å². The summed E-state index contributed by atoms with van der Waals surface area (Å²) < 4.78 is 5.15. The first-order chi connectivity index (χ1) is 14.9. The Labute approximate surface area is 179 Å². The van der Waals surface area contributed by atoms with Crippen molar-refractivity contribution in [2.45, 2.75) is 44.4 Å². The molecule has 0 bridgehead atoms. The lowest BCUT2D eigenvalue weighted by Gasteiger charge is -2.36. The highest BCUT2D eigenvalue weighted by Crippen LogP contribution is 2.29. The molecule has 0 aliphatic heterocycles. The highest BCUT2D eigenvalue weighted by Gasteiger charge is 2.31. The second kappa shape index (κ2) is 9.88. The van der Waals surface area contributed by atoms with Crippen LogP contribution in [-0.2, 0) is 11.4 Å². The van der Waals surface area contributed by atoms with Crippen molar-refractivity contribution in [2.24, 2.45) is 5.73 Å². The molecule has 0 radical (unpaired) electrons. The largest absolute Gasteiger partial charge is 0.496 e. The number of methoxy groups -OCH3 is 1. The van der Waals surface area contributed by atoms with E-state index in [1.807, 2.05) is 6.07 Å². The summed E-state index contributed by atoms with van der Waals surface area (Å²) in [6, 6.07) is 8.08. The standard InChI is InChI=1S/C21H24N4O6/c1-30-19-9-4-15(11-18(19)20(22)26)21(27)24(13-14-3-2-10-23-12-14)16-5-7-17(8-6-16)31-25(28)29/h2-4,9-12,16-17H,5-8,13H2,1H3,(H2,22,26)/t16-,17-. The summed E-state index contributed by atoms with van der Waals surface area (Å²) in [6.07, 6.45) is 4.93. The monoisotopic (exact) mass is 428 g/mol. The number of carbonyl (C=O) groups excluding carboxylic acids is 2. The Morgan fingerprint density at radius 3 is 2.58 bits per heavy atom. The van der Waals surface area contributed by atoms with Gasteiger partial charge in [0.15, 0.2) is 0 Å². The maximum Gasteiger partial charge on any atom is 0.294 e. The SMILES string of the molecule is COc1ccc(C(=O)N(Cc2cccnc2)[C@H]2CC[C@H](O[N+](=O)[O-])CC2)cc1C(N)=O. The molecule has 10 nitrogen and oxygen atoms in total. The molecule has 0 saturated heterocycles. The van der Waals surface area contributed by atoms with Gasteiger partial charge in [-0.15, -0.1) is 10.1 Å². The number of hydrogen-bond donors (Lipinski definition) is 1. The maximum atomic E-state index is 13.5. The third-order valence-corrected chi connectivity index (χ3v) is 5.37. The number of pyridine rings is 1. The topological polar surface area (TPSA) is 138 Å². The van der Waals surface area contributed by atoms with E-state index in [-0.39, 0.29) is 17.5 Å². The number of nitrogens with zero attached hydrogens (tertiary/aromatic N) is 3. The summed E-state index contributed by atoms with van der Waals surface area (Å²) in [6.45, 7) is 0.316. The second-order valence-corrected chi connectivity index (χ2v) is 7.33. The van der Waals surface area contributed by atoms with Gasteiger partial charge >= 0.3 is 0 Å². The van der Waals surface area contributed by atoms with E-state index in [9.17, 15) is 19.7 Å². The molecule has 2 N–H and O–H groups in total. The predicted octanol–water partition coefficient (Wildman–Crippen LogP) is 2.35. The molecule has 31 heavy (non-hydrogen) atoms. The molecule has 2 aromatic rings. The molecule has 0 spiro atoms. The van der Waals surface area contributed by atoms with E-state index < -0.39 is 17.1 Å². The third kappa shape index (κ3) is 5.47. The summed E-state index contributed by atoms with van der Waals surface area (Å²) in [7, 11) is 1.42. The molecule has 10 heteroatoms. The van der Waals surface area contributed by atoms with Gasteiger partial charge in [-0.05, 0) is 55.5 Å². The molecule has 3 rings (SSSR count). The van der Waals surface area contributed by atoms with E-state index in [4.69, 9.17) is 15.3 Å². The van der Waals surface area contributed by atoms with Gasteiger partial charge in [-0.1, -0.05) is 6.07 Å². The summed E-state index contributed by atoms with van der Waals surface area (Å²) >= 11 is 0. The number of ether oxygens (including phenoxy) is 1. The summed E-state index contributed by atoms with van der Waals surface area (Å²) in [5.74, 6) is -0.671. The van der Waals surface area contributed by atoms with Gasteiger partial charge in [-0.25, -0.2) is 0 Å². The Bertz CT molecular complexity index is 944. The Morgan fingerprint density at radius 2 is 2.00 bits per heavy atom. The van der Waals surface area contributed by atoms with E-state index >= 15 is 0 Å². The summed E-state index contributed by atoms with van der Waals surface area (Å²) in [5.41, 5.74) is 6.72. The van der Waals surface area contributed by atoms with Crippen molar-refractivity contribution in [1.29, 1.82) is 0 Å². The first-order valence-electron chi connectivity index (χ1n) is 9.88. The average molecular weight is 428 g/mol. The Kier molecular flexibility index (Phi) is 7.01. The minimum atomic E-state index is -0.772. The van der Waals surface area contributed by atoms with Gasteiger partial charge < -0.3 is 20.2 Å². The molecule has 1 heterocycles. The van der Waals surface area contributed by atoms with Crippen LogP contribution in [0.4, 0.5) is 0 Å². The zero-order valence-electron chi connectivity index (χ0n) is 17.1. The van der Waals surface area contributed by atoms with Crippen LogP contribution in [0.2, 0.25) is 0 Å². The van der Waals surface area contributed by atoms with Crippen molar-refractivity contribution in [3.8, 4) is 5.75 Å². The zero-order chi connectivity index (χ0) is 22.4. The number of hydrogen-bond acceptors (Lipinski definition) is 7. The van der Waals surface area contributed by atoms with Crippen LogP contribution in [0.3, 0.4) is 0 Å². The van der Waals surface area contributed by atoms with Crippen LogP contribution < -0.4 is 10.5 Å². The lowest BCUT2D eigenvalue weighted by molar-refractivity contribution is -0.769. The van der Waals surface area contributed by atoms with Crippen molar-refractivity contribution < 1.29 is 24.3 Å². The molecule has 1 aliphatic rings. The van der Waals surface area contributed by atoms with Crippen LogP contribution in [0.1, 0.15) is 52.0 Å². The molecule has 1 fully saturated rings. The van der Waals surface area contributed by atoms with E-state index in [1.54, 1.807) is 29.4 Å². The molecular weight excluding hydrogens is 404 g/mol. The Hall–Kier alpha value is -3.69. The van der Waals surface area contributed by atoms with Gasteiger partial charge in [0.05, 0.1) is 12.7 Å². The lowest BCUT2D eigenvalue weighted by atomic mass is 9.91. The van der Waals surface area contributed by atoms with Crippen LogP contribution in [0.25, 0.3) is 0 Å². The molecule has 2 amide bonds. The van der Waals surface area contributed by atoms with Crippen molar-refractivity contribution in [2.75, 3.05) is 7.11 Å². The Balaban J connectivity index is 1.86. The molecule has 164 valence electrons. The average Bonchev–Trinajstić information content (AvgIpc) is 2.77. The Morgan fingerprint density at radius 1 is 1.26 bits per heavy atom. The van der Waals surface area contributed by atoms with E-state index in [1.165, 1.54) is 19.2 Å². The van der Waals surface area contributed by atoms with Gasteiger partial charge in [0.2, 0.25) is 0 Å². The normalized spacial score (nSPS) is 18.1. The zero-order valence-corrected chi connectivity index (χ0v) is 17.1. The van der Waals surface area contributed by atoms with Crippen LogP contribution in [0.5, 0.6) is 5.75 Å². The predicted molar refractivity (Wildman–Crippen MR) is 110 cm³/mol. The highest BCUT2D eigenvalue weighted by atomic mass is 17.0. The number of rotatable bonds is 8. The van der Waals surface area contributed by atoms with Gasteiger partial charge in [0.1, 0.15) is 11.9 Å². The summed E-state index contributed by atoms with van der Waals surface area (Å²) in [5, 5.41) is 9.85. The van der Waals surface area contributed by atoms with Crippen molar-refractivity contribution in [3.05, 3.63) is 69.5 Å². The van der Waals surface area contributed by atoms with Crippen molar-refractivity contribution in [1.82, 2.24) is 9.88 Å². The van der Waals surface area contributed by atoms with Gasteiger partial charge in [0.25, 0.3) is 16.9 Å². The smallest absolute Gasteiger partial charge is 0.294 e. The number of aromatic nitrogens is 1. The third-order valence-electron chi connectivity index (χ3n) is 5.37. The fraction of sp³-hybridized carbons (Fsp3) is 0.381. The minimum Gasteiger partial charge on any atom is -0.496 e. The molecule has 1 aliphatic carbocycles. The number of nitrogens with two attached hydrogens (primary N) is 1. The van der Waals surface area contributed by atoms with E-state index in [0.717, 1.165) is 5.56 Å². The number of amides is 2. The molecular formula is C21H24N4O6. The lowest BCUT2D eigenvalue weighted by Crippen LogP contribution is -2.43. The van der Waals surface area contributed by atoms with Gasteiger partial charge in [-0.3, -0.25) is 14.6 Å². The maximum absolute atomic E-state index is 13.5. The molecule has 0 unspecified atom stereocenters. The first-order valence-corrected chi connectivity index (χ1v) is 9.88. The molecule has 1 aromatic carbocycles. The second-order valence-electron chi connectivity index (χ2n) is 7.33. The van der Waals surface area contributed by atoms with Crippen LogP contribution in [0, 0.1) is 10.1 Å². The van der Waals surface area contributed by atoms with Crippen LogP contribution in [-0.4, -0.2) is 46.0 Å². The van der Waals surface area contributed by atoms with Crippen molar-refractivity contribution in [3.63, 3.8) is 0 Å². The fourth-order valence-corrected chi connectivity index (χ4v) is 3.84. The molecule has 0 atom stereocenters. The number of primary amides is 1. The summed E-state index contributed by atoms with van der Waals surface area (Å²) in [4.78, 5) is 46.4. The van der Waals surface area contributed by atoms with Crippen molar-refractivity contribution >= 4 is 11.8 Å². The van der Waals surface area contributed by atoms with Crippen LogP contribution in [0.15, 0.2) is 42.7 Å². The fourth-order valence-electron chi connectivity index (χ4n) is 3.84. The van der Waals surface area contributed by atoms with E-state index in [0.29, 0.717) is 43.5 Å². The first kappa shape index (κ1) is 22.0. The van der Waals surface area contributed by atoms with E-state index in [2.05, 4.69) is 4.98 Å².